The van der Waals surface area contributed by atoms with Crippen LogP contribution in [0.25, 0.3) is 0 Å². The van der Waals surface area contributed by atoms with E-state index in [1.807, 2.05) is 19.3 Å². The fourth-order valence-electron chi connectivity index (χ4n) is 1.91. The van der Waals surface area contributed by atoms with Crippen molar-refractivity contribution < 1.29 is 0 Å². The molecule has 0 spiro atoms. The van der Waals surface area contributed by atoms with E-state index < -0.39 is 0 Å². The number of halogens is 2. The Morgan fingerprint density at radius 3 is 2.78 bits per heavy atom. The van der Waals surface area contributed by atoms with Crippen molar-refractivity contribution in [2.45, 2.75) is 13.0 Å². The van der Waals surface area contributed by atoms with Gasteiger partial charge in [0.2, 0.25) is 0 Å². The van der Waals surface area contributed by atoms with E-state index in [4.69, 9.17) is 11.6 Å². The first-order valence-corrected chi connectivity index (χ1v) is 6.81. The Bertz CT molecular complexity index is 521. The number of nitrogens with one attached hydrogen (secondary N) is 1. The zero-order valence-electron chi connectivity index (χ0n) is 10.2. The number of aryl methyl sites for hydroxylation is 1. The SMILES string of the molecule is CCNC(c1cncc(Br)c1)c1c(Cl)cnn1C. The Morgan fingerprint density at radius 2 is 2.22 bits per heavy atom. The van der Waals surface area contributed by atoms with E-state index >= 15 is 0 Å². The summed E-state index contributed by atoms with van der Waals surface area (Å²) in [5.41, 5.74) is 2.00. The molecule has 96 valence electrons. The molecule has 2 aromatic rings. The molecule has 1 atom stereocenters. The molecular formula is C12H14BrClN4. The van der Waals surface area contributed by atoms with Crippen molar-refractivity contribution in [3.05, 3.63) is 45.4 Å². The second kappa shape index (κ2) is 5.82. The van der Waals surface area contributed by atoms with Crippen LogP contribution >= 0.6 is 27.5 Å². The van der Waals surface area contributed by atoms with Crippen LogP contribution in [0.3, 0.4) is 0 Å². The van der Waals surface area contributed by atoms with E-state index in [0.717, 1.165) is 22.3 Å². The molecule has 6 heteroatoms. The standard InChI is InChI=1S/C12H14BrClN4/c1-3-16-11(8-4-9(13)6-15-5-8)12-10(14)7-17-18(12)2/h4-7,11,16H,3H2,1-2H3. The Hall–Kier alpha value is -0.910. The Balaban J connectivity index is 2.46. The van der Waals surface area contributed by atoms with Crippen molar-refractivity contribution in [2.24, 2.45) is 7.05 Å². The Labute approximate surface area is 119 Å². The normalized spacial score (nSPS) is 12.7. The van der Waals surface area contributed by atoms with Gasteiger partial charge in [-0.05, 0) is 34.1 Å². The smallest absolute Gasteiger partial charge is 0.0837 e. The first kappa shape index (κ1) is 13.5. The van der Waals surface area contributed by atoms with Crippen LogP contribution in [0.4, 0.5) is 0 Å². The maximum atomic E-state index is 6.21. The third kappa shape index (κ3) is 2.74. The molecule has 0 saturated heterocycles. The summed E-state index contributed by atoms with van der Waals surface area (Å²) in [6.07, 6.45) is 5.26. The molecule has 0 radical (unpaired) electrons. The molecular weight excluding hydrogens is 316 g/mol. The summed E-state index contributed by atoms with van der Waals surface area (Å²) >= 11 is 9.65. The van der Waals surface area contributed by atoms with Gasteiger partial charge in [0.05, 0.1) is 23.0 Å². The highest BCUT2D eigenvalue weighted by Crippen LogP contribution is 2.28. The first-order chi connectivity index (χ1) is 8.63. The average molecular weight is 330 g/mol. The molecule has 2 heterocycles. The number of pyridine rings is 1. The van der Waals surface area contributed by atoms with E-state index in [0.29, 0.717) is 5.02 Å². The van der Waals surface area contributed by atoms with E-state index in [1.165, 1.54) is 0 Å². The summed E-state index contributed by atoms with van der Waals surface area (Å²) in [6.45, 7) is 2.89. The van der Waals surface area contributed by atoms with Gasteiger partial charge < -0.3 is 5.32 Å². The molecule has 1 unspecified atom stereocenters. The average Bonchev–Trinajstić information content (AvgIpc) is 2.67. The van der Waals surface area contributed by atoms with Crippen LogP contribution in [0.5, 0.6) is 0 Å². The molecule has 0 aliphatic heterocycles. The third-order valence-corrected chi connectivity index (χ3v) is 3.40. The number of rotatable bonds is 4. The molecule has 0 aliphatic rings. The van der Waals surface area contributed by atoms with Crippen molar-refractivity contribution in [2.75, 3.05) is 6.54 Å². The number of nitrogens with zero attached hydrogens (tertiary/aromatic N) is 3. The zero-order valence-corrected chi connectivity index (χ0v) is 12.5. The van der Waals surface area contributed by atoms with Crippen LogP contribution in [0.2, 0.25) is 5.02 Å². The fourth-order valence-corrected chi connectivity index (χ4v) is 2.57. The van der Waals surface area contributed by atoms with E-state index in [9.17, 15) is 0 Å². The van der Waals surface area contributed by atoms with Crippen LogP contribution < -0.4 is 5.32 Å². The maximum absolute atomic E-state index is 6.21. The van der Waals surface area contributed by atoms with E-state index in [2.05, 4.69) is 38.3 Å². The van der Waals surface area contributed by atoms with Crippen molar-refractivity contribution in [1.82, 2.24) is 20.1 Å². The van der Waals surface area contributed by atoms with Gasteiger partial charge in [-0.15, -0.1) is 0 Å². The fraction of sp³-hybridized carbons (Fsp3) is 0.333. The molecule has 2 aromatic heterocycles. The molecule has 1 N–H and O–H groups in total. The van der Waals surface area contributed by atoms with Crippen LogP contribution in [0.1, 0.15) is 24.2 Å². The van der Waals surface area contributed by atoms with Gasteiger partial charge >= 0.3 is 0 Å². The van der Waals surface area contributed by atoms with Gasteiger partial charge in [-0.2, -0.15) is 5.10 Å². The summed E-state index contributed by atoms with van der Waals surface area (Å²) < 4.78 is 2.73. The molecule has 18 heavy (non-hydrogen) atoms. The van der Waals surface area contributed by atoms with Gasteiger partial charge in [0, 0.05) is 23.9 Å². The summed E-state index contributed by atoms with van der Waals surface area (Å²) in [7, 11) is 1.89. The second-order valence-electron chi connectivity index (χ2n) is 3.93. The minimum atomic E-state index is -0.0139. The van der Waals surface area contributed by atoms with Crippen molar-refractivity contribution in [3.63, 3.8) is 0 Å². The first-order valence-electron chi connectivity index (χ1n) is 5.64. The highest BCUT2D eigenvalue weighted by atomic mass is 79.9. The third-order valence-electron chi connectivity index (χ3n) is 2.68. The van der Waals surface area contributed by atoms with Gasteiger partial charge in [-0.25, -0.2) is 0 Å². The number of hydrogen-bond acceptors (Lipinski definition) is 3. The molecule has 0 fully saturated rings. The Morgan fingerprint density at radius 1 is 1.44 bits per heavy atom. The lowest BCUT2D eigenvalue weighted by Gasteiger charge is -2.19. The topological polar surface area (TPSA) is 42.7 Å². The van der Waals surface area contributed by atoms with Crippen molar-refractivity contribution in [3.8, 4) is 0 Å². The highest BCUT2D eigenvalue weighted by molar-refractivity contribution is 9.10. The number of aromatic nitrogens is 3. The molecule has 0 aromatic carbocycles. The van der Waals surface area contributed by atoms with Crippen LogP contribution in [0.15, 0.2) is 29.1 Å². The minimum Gasteiger partial charge on any atom is -0.305 e. The second-order valence-corrected chi connectivity index (χ2v) is 5.25. The van der Waals surface area contributed by atoms with Gasteiger partial charge in [0.15, 0.2) is 0 Å². The summed E-state index contributed by atoms with van der Waals surface area (Å²) in [6, 6.07) is 2.02. The van der Waals surface area contributed by atoms with Gasteiger partial charge in [-0.1, -0.05) is 18.5 Å². The molecule has 2 rings (SSSR count). The zero-order chi connectivity index (χ0) is 13.1. The maximum Gasteiger partial charge on any atom is 0.0837 e. The Kier molecular flexibility index (Phi) is 4.37. The lowest BCUT2D eigenvalue weighted by Crippen LogP contribution is -2.24. The predicted octanol–water partition coefficient (Wildman–Crippen LogP) is 2.93. The quantitative estimate of drug-likeness (QED) is 0.938. The van der Waals surface area contributed by atoms with Crippen molar-refractivity contribution in [1.29, 1.82) is 0 Å². The molecule has 0 saturated carbocycles. The highest BCUT2D eigenvalue weighted by Gasteiger charge is 2.20. The monoisotopic (exact) mass is 328 g/mol. The molecule has 0 amide bonds. The summed E-state index contributed by atoms with van der Waals surface area (Å²) in [5, 5.41) is 8.24. The predicted molar refractivity (Wildman–Crippen MR) is 75.7 cm³/mol. The van der Waals surface area contributed by atoms with E-state index in [-0.39, 0.29) is 6.04 Å². The van der Waals surface area contributed by atoms with Crippen LogP contribution in [-0.4, -0.2) is 21.3 Å². The largest absolute Gasteiger partial charge is 0.305 e. The van der Waals surface area contributed by atoms with Crippen molar-refractivity contribution >= 4 is 27.5 Å². The summed E-state index contributed by atoms with van der Waals surface area (Å²) in [4.78, 5) is 4.20. The molecule has 4 nitrogen and oxygen atoms in total. The van der Waals surface area contributed by atoms with E-state index in [1.54, 1.807) is 17.1 Å². The van der Waals surface area contributed by atoms with Gasteiger partial charge in [0.25, 0.3) is 0 Å². The number of hydrogen-bond donors (Lipinski definition) is 1. The molecule has 0 bridgehead atoms. The lowest BCUT2D eigenvalue weighted by atomic mass is 10.1. The summed E-state index contributed by atoms with van der Waals surface area (Å²) in [5.74, 6) is 0. The van der Waals surface area contributed by atoms with Crippen LogP contribution in [0, 0.1) is 0 Å². The van der Waals surface area contributed by atoms with Gasteiger partial charge in [0.1, 0.15) is 0 Å². The van der Waals surface area contributed by atoms with Gasteiger partial charge in [-0.3, -0.25) is 9.67 Å². The minimum absolute atomic E-state index is 0.0139. The lowest BCUT2D eigenvalue weighted by molar-refractivity contribution is 0.571. The molecule has 0 aliphatic carbocycles. The van der Waals surface area contributed by atoms with Crippen LogP contribution in [-0.2, 0) is 7.05 Å².